The number of rotatable bonds is 2. The lowest BCUT2D eigenvalue weighted by Gasteiger charge is -2.18. The Bertz CT molecular complexity index is 248. The van der Waals surface area contributed by atoms with Gasteiger partial charge in [-0.2, -0.15) is 0 Å². The van der Waals surface area contributed by atoms with Gasteiger partial charge < -0.3 is 4.98 Å². The van der Waals surface area contributed by atoms with Crippen LogP contribution in [0.15, 0.2) is 18.3 Å². The number of pyridine rings is 1. The molecule has 12 heavy (non-hydrogen) atoms. The zero-order chi connectivity index (χ0) is 9.19. The second-order valence-electron chi connectivity index (χ2n) is 4.10. The summed E-state index contributed by atoms with van der Waals surface area (Å²) in [6.07, 6.45) is 1.89. The summed E-state index contributed by atoms with van der Waals surface area (Å²) < 4.78 is 0. The van der Waals surface area contributed by atoms with Crippen molar-refractivity contribution in [3.63, 3.8) is 0 Å². The van der Waals surface area contributed by atoms with Gasteiger partial charge in [-0.25, -0.2) is 4.98 Å². The van der Waals surface area contributed by atoms with Crippen molar-refractivity contribution in [1.82, 2.24) is 4.98 Å². The third-order valence-corrected chi connectivity index (χ3v) is 2.42. The Balaban J connectivity index is 2.71. The van der Waals surface area contributed by atoms with Crippen LogP contribution in [0.1, 0.15) is 5.56 Å². The van der Waals surface area contributed by atoms with E-state index in [-0.39, 0.29) is 0 Å². The van der Waals surface area contributed by atoms with Crippen molar-refractivity contribution in [3.8, 4) is 0 Å². The molecule has 0 aromatic carbocycles. The molecule has 0 bridgehead atoms. The van der Waals surface area contributed by atoms with E-state index in [1.165, 1.54) is 5.56 Å². The van der Waals surface area contributed by atoms with Crippen LogP contribution in [0.2, 0.25) is 19.6 Å². The second-order valence-corrected chi connectivity index (χ2v) is 8.85. The van der Waals surface area contributed by atoms with Crippen molar-refractivity contribution in [2.45, 2.75) is 26.6 Å². The molecule has 2 nitrogen and oxygen atoms in total. The number of aromatic nitrogens is 1. The van der Waals surface area contributed by atoms with Crippen molar-refractivity contribution in [2.75, 3.05) is 4.98 Å². The van der Waals surface area contributed by atoms with Gasteiger partial charge in [-0.3, -0.25) is 0 Å². The van der Waals surface area contributed by atoms with Crippen LogP contribution in [0.25, 0.3) is 0 Å². The minimum Gasteiger partial charge on any atom is -0.396 e. The largest absolute Gasteiger partial charge is 0.396 e. The quantitative estimate of drug-likeness (QED) is 0.708. The van der Waals surface area contributed by atoms with E-state index in [0.717, 1.165) is 5.82 Å². The van der Waals surface area contributed by atoms with E-state index in [2.05, 4.69) is 35.7 Å². The first-order chi connectivity index (χ1) is 5.47. The molecule has 0 saturated carbocycles. The number of nitrogens with one attached hydrogen (secondary N) is 1. The Morgan fingerprint density at radius 3 is 2.33 bits per heavy atom. The van der Waals surface area contributed by atoms with Gasteiger partial charge in [0.15, 0.2) is 0 Å². The SMILES string of the molecule is Cc1ccc(N[Si](C)(C)C)nc1. The molecule has 0 amide bonds. The predicted molar refractivity (Wildman–Crippen MR) is 55.9 cm³/mol. The van der Waals surface area contributed by atoms with E-state index < -0.39 is 8.24 Å². The Hall–Kier alpha value is -0.833. The molecule has 0 aliphatic heterocycles. The van der Waals surface area contributed by atoms with Gasteiger partial charge in [0.25, 0.3) is 0 Å². The van der Waals surface area contributed by atoms with Gasteiger partial charge in [0.2, 0.25) is 0 Å². The smallest absolute Gasteiger partial charge is 0.145 e. The standard InChI is InChI=1S/C9H16N2Si/c1-8-5-6-9(10-7-8)11-12(2,3)4/h5-7H,1-4H3,(H,10,11). The molecule has 1 rings (SSSR count). The summed E-state index contributed by atoms with van der Waals surface area (Å²) in [5, 5.41) is 0. The Labute approximate surface area is 75.1 Å². The topological polar surface area (TPSA) is 24.9 Å². The van der Waals surface area contributed by atoms with Crippen molar-refractivity contribution in [3.05, 3.63) is 23.9 Å². The van der Waals surface area contributed by atoms with Gasteiger partial charge in [-0.1, -0.05) is 25.7 Å². The predicted octanol–water partition coefficient (Wildman–Crippen LogP) is 2.64. The molecule has 1 heterocycles. The summed E-state index contributed by atoms with van der Waals surface area (Å²) in [6.45, 7) is 8.82. The van der Waals surface area contributed by atoms with Crippen molar-refractivity contribution in [1.29, 1.82) is 0 Å². The molecular formula is C9H16N2Si. The van der Waals surface area contributed by atoms with Crippen molar-refractivity contribution < 1.29 is 0 Å². The maximum atomic E-state index is 4.29. The van der Waals surface area contributed by atoms with Crippen LogP contribution in [0, 0.1) is 6.92 Å². The molecule has 1 N–H and O–H groups in total. The average molecular weight is 180 g/mol. The lowest BCUT2D eigenvalue weighted by atomic mass is 10.3. The highest BCUT2D eigenvalue weighted by Gasteiger charge is 2.12. The molecular weight excluding hydrogens is 164 g/mol. The fraction of sp³-hybridized carbons (Fsp3) is 0.444. The van der Waals surface area contributed by atoms with E-state index >= 15 is 0 Å². The van der Waals surface area contributed by atoms with Crippen molar-refractivity contribution in [2.24, 2.45) is 0 Å². The van der Waals surface area contributed by atoms with Gasteiger partial charge in [-0.15, -0.1) is 0 Å². The van der Waals surface area contributed by atoms with Crippen LogP contribution >= 0.6 is 0 Å². The zero-order valence-electron chi connectivity index (χ0n) is 8.18. The molecule has 0 radical (unpaired) electrons. The Morgan fingerprint density at radius 1 is 1.25 bits per heavy atom. The second kappa shape index (κ2) is 3.27. The molecule has 0 aliphatic rings. The molecule has 0 unspecified atom stereocenters. The van der Waals surface area contributed by atoms with E-state index in [1.54, 1.807) is 0 Å². The van der Waals surface area contributed by atoms with E-state index in [0.29, 0.717) is 0 Å². The van der Waals surface area contributed by atoms with Crippen LogP contribution in [0.3, 0.4) is 0 Å². The Morgan fingerprint density at radius 2 is 1.92 bits per heavy atom. The fourth-order valence-corrected chi connectivity index (χ4v) is 1.84. The number of nitrogens with zero attached hydrogens (tertiary/aromatic N) is 1. The van der Waals surface area contributed by atoms with Gasteiger partial charge in [0.1, 0.15) is 14.1 Å². The minimum absolute atomic E-state index is 1.000. The average Bonchev–Trinajstić information content (AvgIpc) is 1.91. The number of hydrogen-bond acceptors (Lipinski definition) is 2. The molecule has 0 fully saturated rings. The van der Waals surface area contributed by atoms with Gasteiger partial charge in [0, 0.05) is 6.20 Å². The van der Waals surface area contributed by atoms with Crippen LogP contribution in [0.4, 0.5) is 5.82 Å². The van der Waals surface area contributed by atoms with Gasteiger partial charge in [0.05, 0.1) is 0 Å². The molecule has 3 heteroatoms. The van der Waals surface area contributed by atoms with Crippen LogP contribution in [-0.2, 0) is 0 Å². The van der Waals surface area contributed by atoms with Crippen LogP contribution in [-0.4, -0.2) is 13.2 Å². The highest BCUT2D eigenvalue weighted by molar-refractivity contribution is 6.79. The highest BCUT2D eigenvalue weighted by Crippen LogP contribution is 2.09. The molecule has 0 saturated heterocycles. The fourth-order valence-electron chi connectivity index (χ4n) is 0.926. The molecule has 66 valence electrons. The normalized spacial score (nSPS) is 11.3. The third-order valence-electron chi connectivity index (χ3n) is 1.41. The first-order valence-electron chi connectivity index (χ1n) is 4.18. The summed E-state index contributed by atoms with van der Waals surface area (Å²) >= 11 is 0. The van der Waals surface area contributed by atoms with Crippen LogP contribution in [0.5, 0.6) is 0 Å². The third kappa shape index (κ3) is 3.05. The number of hydrogen-bond donors (Lipinski definition) is 1. The number of anilines is 1. The van der Waals surface area contributed by atoms with E-state index in [9.17, 15) is 0 Å². The molecule has 0 spiro atoms. The maximum Gasteiger partial charge on any atom is 0.145 e. The minimum atomic E-state index is -1.23. The summed E-state index contributed by atoms with van der Waals surface area (Å²) in [5.74, 6) is 1.000. The summed E-state index contributed by atoms with van der Waals surface area (Å²) in [4.78, 5) is 7.72. The lowest BCUT2D eigenvalue weighted by molar-refractivity contribution is 1.26. The first kappa shape index (κ1) is 9.26. The molecule has 1 aromatic heterocycles. The van der Waals surface area contributed by atoms with E-state index in [4.69, 9.17) is 0 Å². The summed E-state index contributed by atoms with van der Waals surface area (Å²) in [5.41, 5.74) is 1.20. The summed E-state index contributed by atoms with van der Waals surface area (Å²) in [6, 6.07) is 4.11. The van der Waals surface area contributed by atoms with Crippen LogP contribution < -0.4 is 4.98 Å². The Kier molecular flexibility index (Phi) is 2.52. The zero-order valence-corrected chi connectivity index (χ0v) is 9.18. The molecule has 0 aliphatic carbocycles. The molecule has 0 atom stereocenters. The summed E-state index contributed by atoms with van der Waals surface area (Å²) in [7, 11) is -1.23. The van der Waals surface area contributed by atoms with Crippen molar-refractivity contribution >= 4 is 14.1 Å². The molecule has 1 aromatic rings. The van der Waals surface area contributed by atoms with E-state index in [1.807, 2.05) is 19.2 Å². The first-order valence-corrected chi connectivity index (χ1v) is 7.68. The van der Waals surface area contributed by atoms with Gasteiger partial charge in [-0.05, 0) is 18.6 Å². The maximum absolute atomic E-state index is 4.29. The highest BCUT2D eigenvalue weighted by atomic mass is 28.3. The lowest BCUT2D eigenvalue weighted by Crippen LogP contribution is -2.32. The van der Waals surface area contributed by atoms with Gasteiger partial charge >= 0.3 is 0 Å². The number of aryl methyl sites for hydroxylation is 1. The monoisotopic (exact) mass is 180 g/mol.